The van der Waals surface area contributed by atoms with Crippen molar-refractivity contribution >= 4 is 44.9 Å². The van der Waals surface area contributed by atoms with Crippen LogP contribution in [0, 0.1) is 0 Å². The summed E-state index contributed by atoms with van der Waals surface area (Å²) in [6, 6.07) is 10.4. The van der Waals surface area contributed by atoms with E-state index in [-0.39, 0.29) is 33.8 Å². The van der Waals surface area contributed by atoms with Crippen LogP contribution < -0.4 is 9.04 Å². The molecule has 150 valence electrons. The van der Waals surface area contributed by atoms with Crippen LogP contribution in [-0.2, 0) is 19.6 Å². The minimum absolute atomic E-state index is 0.0164. The first-order valence-electron chi connectivity index (χ1n) is 8.26. The number of nitrogens with zero attached hydrogens (tertiary/aromatic N) is 1. The molecule has 9 heteroatoms. The number of hydrogen-bond donors (Lipinski definition) is 0. The molecule has 2 rings (SSSR count). The Kier molecular flexibility index (Phi) is 7.74. The number of halogens is 2. The van der Waals surface area contributed by atoms with Crippen molar-refractivity contribution < 1.29 is 22.7 Å². The molecule has 0 amide bonds. The molecule has 0 aliphatic carbocycles. The molecule has 0 unspecified atom stereocenters. The van der Waals surface area contributed by atoms with E-state index in [0.717, 1.165) is 4.31 Å². The number of carbonyl (C=O) groups is 1. The maximum atomic E-state index is 13.3. The van der Waals surface area contributed by atoms with E-state index >= 15 is 0 Å². The molecule has 0 bridgehead atoms. The largest absolute Gasteiger partial charge is 0.489 e. The van der Waals surface area contributed by atoms with Gasteiger partial charge in [-0.15, -0.1) is 0 Å². The summed E-state index contributed by atoms with van der Waals surface area (Å²) < 4.78 is 37.9. The van der Waals surface area contributed by atoms with Crippen molar-refractivity contribution in [3.63, 3.8) is 0 Å². The van der Waals surface area contributed by atoms with Crippen LogP contribution in [0.15, 0.2) is 60.0 Å². The molecule has 0 saturated carbocycles. The van der Waals surface area contributed by atoms with E-state index < -0.39 is 22.5 Å². The average Bonchev–Trinajstić information content (AvgIpc) is 2.66. The molecule has 0 atom stereocenters. The van der Waals surface area contributed by atoms with Crippen molar-refractivity contribution in [1.82, 2.24) is 0 Å². The maximum absolute atomic E-state index is 13.3. The van der Waals surface area contributed by atoms with Crippen LogP contribution >= 0.6 is 23.2 Å². The molecular formula is C19H19Cl2NO5S. The quantitative estimate of drug-likeness (QED) is 0.426. The van der Waals surface area contributed by atoms with Gasteiger partial charge in [0.05, 0.1) is 17.3 Å². The number of sulfonamides is 1. The number of carbonyl (C=O) groups excluding carboxylic acids is 1. The maximum Gasteiger partial charge on any atom is 0.326 e. The van der Waals surface area contributed by atoms with Crippen LogP contribution in [0.3, 0.4) is 0 Å². The fourth-order valence-electron chi connectivity index (χ4n) is 2.32. The second-order valence-corrected chi connectivity index (χ2v) is 8.16. The third kappa shape index (κ3) is 5.41. The van der Waals surface area contributed by atoms with Crippen LogP contribution in [-0.4, -0.2) is 34.1 Å². The van der Waals surface area contributed by atoms with Crippen LogP contribution in [0.5, 0.6) is 5.75 Å². The fraction of sp³-hybridized carbons (Fsp3) is 0.211. The highest BCUT2D eigenvalue weighted by Crippen LogP contribution is 2.32. The molecule has 2 aromatic rings. The van der Waals surface area contributed by atoms with Crippen molar-refractivity contribution in [2.24, 2.45) is 0 Å². The summed E-state index contributed by atoms with van der Waals surface area (Å²) in [7, 11) is -4.22. The summed E-state index contributed by atoms with van der Waals surface area (Å²) in [5.74, 6) is -0.291. The number of benzene rings is 2. The van der Waals surface area contributed by atoms with Gasteiger partial charge in [-0.05, 0) is 37.3 Å². The summed E-state index contributed by atoms with van der Waals surface area (Å²) in [5.41, 5.74) is 0.214. The summed E-state index contributed by atoms with van der Waals surface area (Å²) in [4.78, 5) is 11.9. The number of rotatable bonds is 9. The lowest BCUT2D eigenvalue weighted by molar-refractivity contribution is -0.141. The second-order valence-electron chi connectivity index (χ2n) is 5.49. The fourth-order valence-corrected chi connectivity index (χ4v) is 4.46. The van der Waals surface area contributed by atoms with Gasteiger partial charge in [0.2, 0.25) is 0 Å². The van der Waals surface area contributed by atoms with Gasteiger partial charge in [0.1, 0.15) is 23.8 Å². The molecule has 0 radical (unpaired) electrons. The smallest absolute Gasteiger partial charge is 0.326 e. The summed E-state index contributed by atoms with van der Waals surface area (Å²) >= 11 is 12.0. The van der Waals surface area contributed by atoms with Crippen LogP contribution in [0.2, 0.25) is 10.0 Å². The zero-order valence-electron chi connectivity index (χ0n) is 15.1. The molecule has 0 fully saturated rings. The first kappa shape index (κ1) is 22.1. The topological polar surface area (TPSA) is 72.9 Å². The summed E-state index contributed by atoms with van der Waals surface area (Å²) in [6.07, 6.45) is 1.56. The molecule has 0 aromatic heterocycles. The van der Waals surface area contributed by atoms with E-state index in [1.165, 1.54) is 30.3 Å². The van der Waals surface area contributed by atoms with Gasteiger partial charge in [0, 0.05) is 11.1 Å². The van der Waals surface area contributed by atoms with E-state index in [4.69, 9.17) is 32.7 Å². The third-order valence-corrected chi connectivity index (χ3v) is 6.00. The Labute approximate surface area is 174 Å². The number of hydrogen-bond acceptors (Lipinski definition) is 5. The summed E-state index contributed by atoms with van der Waals surface area (Å²) in [5, 5.41) is 0.180. The van der Waals surface area contributed by atoms with Crippen molar-refractivity contribution in [2.75, 3.05) is 24.1 Å². The monoisotopic (exact) mass is 443 g/mol. The van der Waals surface area contributed by atoms with Gasteiger partial charge < -0.3 is 9.47 Å². The summed E-state index contributed by atoms with van der Waals surface area (Å²) in [6.45, 7) is 5.03. The second kappa shape index (κ2) is 9.82. The van der Waals surface area contributed by atoms with Crippen LogP contribution in [0.25, 0.3) is 0 Å². The SMILES string of the molecule is C=CCOc1cccc(N(CC(=O)OCC)S(=O)(=O)c2cc(Cl)ccc2Cl)c1. The van der Waals surface area contributed by atoms with Gasteiger partial charge >= 0.3 is 5.97 Å². The first-order valence-corrected chi connectivity index (χ1v) is 10.5. The molecule has 0 spiro atoms. The minimum atomic E-state index is -4.22. The molecule has 28 heavy (non-hydrogen) atoms. The Morgan fingerprint density at radius 3 is 2.64 bits per heavy atom. The molecular weight excluding hydrogens is 425 g/mol. The zero-order valence-corrected chi connectivity index (χ0v) is 17.4. The van der Waals surface area contributed by atoms with E-state index in [2.05, 4.69) is 6.58 Å². The Balaban J connectivity index is 2.54. The molecule has 0 heterocycles. The minimum Gasteiger partial charge on any atom is -0.489 e. The highest BCUT2D eigenvalue weighted by Gasteiger charge is 2.30. The standard InChI is InChI=1S/C19H19Cl2NO5S/c1-3-10-27-16-7-5-6-15(12-16)22(13-19(23)26-4-2)28(24,25)18-11-14(20)8-9-17(18)21/h3,5-9,11-12H,1,4,10,13H2,2H3. The van der Waals surface area contributed by atoms with E-state index in [0.29, 0.717) is 5.75 Å². The molecule has 2 aromatic carbocycles. The number of anilines is 1. The molecule has 0 saturated heterocycles. The van der Waals surface area contributed by atoms with Crippen molar-refractivity contribution in [3.05, 3.63) is 65.2 Å². The number of ether oxygens (including phenoxy) is 2. The molecule has 0 N–H and O–H groups in total. The molecule has 0 aliphatic rings. The van der Waals surface area contributed by atoms with Crippen LogP contribution in [0.4, 0.5) is 5.69 Å². The highest BCUT2D eigenvalue weighted by atomic mass is 35.5. The molecule has 0 aliphatic heterocycles. The molecule has 6 nitrogen and oxygen atoms in total. The van der Waals surface area contributed by atoms with Crippen molar-refractivity contribution in [1.29, 1.82) is 0 Å². The van der Waals surface area contributed by atoms with E-state index in [9.17, 15) is 13.2 Å². The predicted octanol–water partition coefficient (Wildman–Crippen LogP) is 4.32. The Morgan fingerprint density at radius 1 is 1.21 bits per heavy atom. The van der Waals surface area contributed by atoms with Gasteiger partial charge in [-0.25, -0.2) is 8.42 Å². The van der Waals surface area contributed by atoms with Gasteiger partial charge in [-0.2, -0.15) is 0 Å². The number of esters is 1. The van der Waals surface area contributed by atoms with Crippen molar-refractivity contribution in [2.45, 2.75) is 11.8 Å². The lowest BCUT2D eigenvalue weighted by atomic mass is 10.3. The van der Waals surface area contributed by atoms with E-state index in [1.54, 1.807) is 25.1 Å². The van der Waals surface area contributed by atoms with Crippen molar-refractivity contribution in [3.8, 4) is 5.75 Å². The normalized spacial score (nSPS) is 11.0. The van der Waals surface area contributed by atoms with Gasteiger partial charge in [0.15, 0.2) is 0 Å². The lowest BCUT2D eigenvalue weighted by Crippen LogP contribution is -2.36. The Bertz CT molecular complexity index is 963. The van der Waals surface area contributed by atoms with Crippen LogP contribution in [0.1, 0.15) is 6.92 Å². The highest BCUT2D eigenvalue weighted by molar-refractivity contribution is 7.93. The predicted molar refractivity (Wildman–Crippen MR) is 110 cm³/mol. The third-order valence-electron chi connectivity index (χ3n) is 3.51. The zero-order chi connectivity index (χ0) is 20.7. The average molecular weight is 444 g/mol. The van der Waals surface area contributed by atoms with E-state index in [1.807, 2.05) is 0 Å². The Hall–Kier alpha value is -2.22. The van der Waals surface area contributed by atoms with Gasteiger partial charge in [0.25, 0.3) is 10.0 Å². The Morgan fingerprint density at radius 2 is 1.96 bits per heavy atom. The first-order chi connectivity index (χ1) is 13.3. The van der Waals surface area contributed by atoms with Gasteiger partial charge in [-0.1, -0.05) is 41.9 Å². The van der Waals surface area contributed by atoms with Gasteiger partial charge in [-0.3, -0.25) is 9.10 Å². The lowest BCUT2D eigenvalue weighted by Gasteiger charge is -2.24.